The topological polar surface area (TPSA) is 205 Å². The molecule has 15 nitrogen and oxygen atoms in total. The molecular formula is C41H46N8O7S. The first-order valence-electron chi connectivity index (χ1n) is 19.3. The van der Waals surface area contributed by atoms with Gasteiger partial charge in [-0.15, -0.1) is 16.9 Å². The lowest BCUT2D eigenvalue weighted by Gasteiger charge is -2.27. The van der Waals surface area contributed by atoms with Crippen LogP contribution in [-0.2, 0) is 15.5 Å². The Hall–Kier alpha value is -5.87. The van der Waals surface area contributed by atoms with Crippen molar-refractivity contribution in [3.05, 3.63) is 95.2 Å². The van der Waals surface area contributed by atoms with Gasteiger partial charge in [-0.3, -0.25) is 44.2 Å². The minimum atomic E-state index is -0.983. The maximum Gasteiger partial charge on any atom is 0.274 e. The molecule has 298 valence electrons. The van der Waals surface area contributed by atoms with E-state index in [2.05, 4.69) is 26.3 Å². The van der Waals surface area contributed by atoms with Gasteiger partial charge < -0.3 is 10.6 Å². The van der Waals surface area contributed by atoms with Gasteiger partial charge in [0.1, 0.15) is 11.7 Å². The van der Waals surface area contributed by atoms with E-state index in [1.54, 1.807) is 58.8 Å². The summed E-state index contributed by atoms with van der Waals surface area (Å²) >= 11 is 1.52. The fourth-order valence-electron chi connectivity index (χ4n) is 6.92. The van der Waals surface area contributed by atoms with Crippen LogP contribution in [0.3, 0.4) is 0 Å². The van der Waals surface area contributed by atoms with Crippen molar-refractivity contribution >= 4 is 52.9 Å². The predicted octanol–water partition coefficient (Wildman–Crippen LogP) is 5.57. The molecule has 0 bridgehead atoms. The number of carbonyl (C=O) groups is 6. The molecule has 1 aromatic heterocycles. The molecule has 4 aromatic rings. The maximum absolute atomic E-state index is 13.3. The van der Waals surface area contributed by atoms with Crippen molar-refractivity contribution in [1.29, 1.82) is 0 Å². The second-order valence-electron chi connectivity index (χ2n) is 14.0. The van der Waals surface area contributed by atoms with Crippen molar-refractivity contribution in [2.75, 3.05) is 18.4 Å². The quantitative estimate of drug-likeness (QED) is 0.0246. The monoisotopic (exact) mass is 794 g/mol. The van der Waals surface area contributed by atoms with Gasteiger partial charge in [0.2, 0.25) is 11.8 Å². The van der Waals surface area contributed by atoms with Gasteiger partial charge in [0, 0.05) is 46.8 Å². The van der Waals surface area contributed by atoms with Crippen LogP contribution in [0, 0.1) is 0 Å². The molecule has 1 atom stereocenters. The van der Waals surface area contributed by atoms with Gasteiger partial charge in [-0.1, -0.05) is 74.4 Å². The lowest BCUT2D eigenvalue weighted by atomic mass is 10.0. The summed E-state index contributed by atoms with van der Waals surface area (Å²) in [5, 5.41) is 25.8. The highest BCUT2D eigenvalue weighted by Gasteiger charge is 2.45. The minimum absolute atomic E-state index is 0.0840. The van der Waals surface area contributed by atoms with Gasteiger partial charge in [0.15, 0.2) is 0 Å². The van der Waals surface area contributed by atoms with Crippen molar-refractivity contribution in [3.8, 4) is 11.3 Å². The molecule has 16 heteroatoms. The number of amides is 6. The number of carbonyl (C=O) groups excluding carboxylic acids is 6. The highest BCUT2D eigenvalue weighted by molar-refractivity contribution is 7.98. The summed E-state index contributed by atoms with van der Waals surface area (Å²) in [5.74, 6) is -2.27. The number of fused-ring (bicyclic) bond motifs is 1. The third kappa shape index (κ3) is 10.5. The van der Waals surface area contributed by atoms with Crippen molar-refractivity contribution in [1.82, 2.24) is 36.0 Å². The molecule has 1 fully saturated rings. The number of hydrogen-bond acceptors (Lipinski definition) is 11. The molecule has 57 heavy (non-hydrogen) atoms. The number of anilines is 1. The molecule has 0 radical (unpaired) electrons. The number of piperidine rings is 1. The highest BCUT2D eigenvalue weighted by Crippen LogP contribution is 2.32. The van der Waals surface area contributed by atoms with Gasteiger partial charge in [-0.05, 0) is 61.7 Å². The first-order chi connectivity index (χ1) is 27.7. The van der Waals surface area contributed by atoms with E-state index in [1.807, 2.05) is 24.3 Å². The average molecular weight is 795 g/mol. The third-order valence-electron chi connectivity index (χ3n) is 9.94. The molecule has 0 spiro atoms. The van der Waals surface area contributed by atoms with E-state index in [-0.39, 0.29) is 29.9 Å². The zero-order valence-electron chi connectivity index (χ0n) is 31.5. The van der Waals surface area contributed by atoms with Crippen molar-refractivity contribution in [2.24, 2.45) is 0 Å². The number of unbranched alkanes of at least 4 members (excludes halogenated alkanes) is 8. The fourth-order valence-corrected chi connectivity index (χ4v) is 7.72. The summed E-state index contributed by atoms with van der Waals surface area (Å²) in [4.78, 5) is 76.7. The normalized spacial score (nSPS) is 15.0. The molecular weight excluding hydrogens is 749 g/mol. The van der Waals surface area contributed by atoms with Gasteiger partial charge in [0.05, 0.1) is 23.2 Å². The van der Waals surface area contributed by atoms with Crippen LogP contribution in [0.25, 0.3) is 11.3 Å². The number of imide groups is 2. The number of aromatic nitrogens is 3. The molecule has 2 aliphatic rings. The fraction of sp³-hybridized carbons (Fsp3) is 0.366. The Labute approximate surface area is 334 Å². The van der Waals surface area contributed by atoms with Crippen LogP contribution >= 0.6 is 11.8 Å². The number of benzene rings is 3. The molecule has 0 aliphatic carbocycles. The van der Waals surface area contributed by atoms with Crippen LogP contribution in [-0.4, -0.2) is 79.7 Å². The summed E-state index contributed by atoms with van der Waals surface area (Å²) in [6.07, 6.45) is 11.5. The number of nitrogens with zero attached hydrogens (tertiary/aromatic N) is 4. The van der Waals surface area contributed by atoms with E-state index in [4.69, 9.17) is 5.21 Å². The Bertz CT molecular complexity index is 2120. The number of hydrogen-bond donors (Lipinski definition) is 5. The second kappa shape index (κ2) is 19.8. The largest absolute Gasteiger partial charge is 0.384 e. The average Bonchev–Trinajstić information content (AvgIpc) is 3.80. The number of rotatable bonds is 20. The lowest BCUT2D eigenvalue weighted by Crippen LogP contribution is -2.54. The zero-order valence-corrected chi connectivity index (χ0v) is 32.3. The first kappa shape index (κ1) is 40.8. The molecule has 5 N–H and O–H groups in total. The summed E-state index contributed by atoms with van der Waals surface area (Å²) in [6.45, 7) is 1.27. The lowest BCUT2D eigenvalue weighted by molar-refractivity contribution is -0.136. The summed E-state index contributed by atoms with van der Waals surface area (Å²) in [6, 6.07) is 18.3. The molecule has 6 rings (SSSR count). The third-order valence-corrected chi connectivity index (χ3v) is 10.9. The van der Waals surface area contributed by atoms with E-state index in [1.165, 1.54) is 11.8 Å². The summed E-state index contributed by atoms with van der Waals surface area (Å²) in [7, 11) is 0. The van der Waals surface area contributed by atoms with Crippen LogP contribution in [0.15, 0.2) is 77.8 Å². The van der Waals surface area contributed by atoms with Crippen molar-refractivity contribution in [3.63, 3.8) is 0 Å². The number of nitrogens with one attached hydrogen (secondary N) is 4. The Balaban J connectivity index is 0.807. The van der Waals surface area contributed by atoms with Crippen LogP contribution in [0.4, 0.5) is 5.69 Å². The highest BCUT2D eigenvalue weighted by atomic mass is 32.2. The van der Waals surface area contributed by atoms with Crippen LogP contribution in [0.5, 0.6) is 0 Å². The van der Waals surface area contributed by atoms with Gasteiger partial charge >= 0.3 is 0 Å². The van der Waals surface area contributed by atoms with Crippen LogP contribution in [0.1, 0.15) is 112 Å². The predicted molar refractivity (Wildman–Crippen MR) is 212 cm³/mol. The summed E-state index contributed by atoms with van der Waals surface area (Å²) < 4.78 is 1.68. The van der Waals surface area contributed by atoms with E-state index in [9.17, 15) is 28.8 Å². The Morgan fingerprint density at radius 3 is 2.23 bits per heavy atom. The summed E-state index contributed by atoms with van der Waals surface area (Å²) in [5.41, 5.74) is 4.96. The van der Waals surface area contributed by atoms with E-state index in [0.29, 0.717) is 47.0 Å². The molecule has 6 amide bonds. The first-order valence-corrected chi connectivity index (χ1v) is 20.3. The Kier molecular flexibility index (Phi) is 14.2. The molecule has 1 unspecified atom stereocenters. The molecule has 0 saturated carbocycles. The smallest absolute Gasteiger partial charge is 0.274 e. The molecule has 3 aromatic carbocycles. The van der Waals surface area contributed by atoms with Gasteiger partial charge in [-0.2, -0.15) is 0 Å². The van der Waals surface area contributed by atoms with E-state index < -0.39 is 35.6 Å². The van der Waals surface area contributed by atoms with Gasteiger partial charge in [0.25, 0.3) is 23.6 Å². The van der Waals surface area contributed by atoms with Crippen molar-refractivity contribution in [2.45, 2.75) is 87.4 Å². The zero-order chi connectivity index (χ0) is 40.1. The minimum Gasteiger partial charge on any atom is -0.384 e. The number of thioether (sulfide) groups is 1. The van der Waals surface area contributed by atoms with E-state index in [0.717, 1.165) is 67.6 Å². The standard InChI is InChI=1S/C41H46N8O7S/c50-35-20-19-34(39(53)44-35)49-40(54)31-17-12-18-32(36(31)41(49)55)42-21-8-6-4-2-1-3-5-7-9-22-43-37(51)29-15-11-16-30(24-29)57-26-48-25-33(45-47-48)27-13-10-14-28(23-27)38(52)46-56/h10-18,23-25,34,42,56H,1-9,19-22,26H2,(H,43,51)(H,46,52)(H,44,50,53). The van der Waals surface area contributed by atoms with Crippen molar-refractivity contribution < 1.29 is 34.0 Å². The maximum atomic E-state index is 13.3. The van der Waals surface area contributed by atoms with Crippen LogP contribution < -0.4 is 21.4 Å². The Morgan fingerprint density at radius 2 is 1.49 bits per heavy atom. The van der Waals surface area contributed by atoms with Crippen LogP contribution in [0.2, 0.25) is 0 Å². The molecule has 2 aliphatic heterocycles. The molecule has 1 saturated heterocycles. The second-order valence-corrected chi connectivity index (χ2v) is 15.0. The molecule has 3 heterocycles. The van der Waals surface area contributed by atoms with Gasteiger partial charge in [-0.25, -0.2) is 10.2 Å². The Morgan fingerprint density at radius 1 is 0.807 bits per heavy atom. The number of hydroxylamine groups is 1. The van der Waals surface area contributed by atoms with E-state index >= 15 is 0 Å². The SMILES string of the molecule is O=C1CCC(N2C(=O)c3cccc(NCCCCCCCCCCCNC(=O)c4cccc(SCn5cc(-c6cccc(C(=O)NO)c6)nn5)c4)c3C2=O)C(=O)N1.